The molecule has 0 radical (unpaired) electrons. The molecule has 3 aromatic carbocycles. The first kappa shape index (κ1) is 13.0. The number of hydrazone groups is 1. The summed E-state index contributed by atoms with van der Waals surface area (Å²) in [5, 5.41) is 6.25. The Kier molecular flexibility index (Phi) is 2.58. The Balaban J connectivity index is 1.59. The molecule has 0 amide bonds. The molecule has 0 aliphatic heterocycles. The minimum Gasteiger partial charge on any atom is -0.422 e. The van der Waals surface area contributed by atoms with Gasteiger partial charge in [0.15, 0.2) is 5.58 Å². The Morgan fingerprint density at radius 2 is 1.71 bits per heavy atom. The highest BCUT2D eigenvalue weighted by Crippen LogP contribution is 2.31. The summed E-state index contributed by atoms with van der Waals surface area (Å²) >= 11 is 0. The van der Waals surface area contributed by atoms with E-state index in [0.29, 0.717) is 16.9 Å². The molecule has 1 aromatic heterocycles. The highest BCUT2D eigenvalue weighted by atomic mass is 16.4. The molecule has 1 aliphatic rings. The maximum atomic E-state index is 12.6. The molecule has 0 bridgehead atoms. The Labute approximate surface area is 136 Å². The van der Waals surface area contributed by atoms with Gasteiger partial charge in [-0.1, -0.05) is 48.5 Å². The van der Waals surface area contributed by atoms with E-state index in [-0.39, 0.29) is 11.8 Å². The zero-order chi connectivity index (χ0) is 16.1. The molecule has 1 aliphatic carbocycles. The fourth-order valence-corrected chi connectivity index (χ4v) is 3.11. The zero-order valence-corrected chi connectivity index (χ0v) is 12.5. The summed E-state index contributed by atoms with van der Waals surface area (Å²) in [6.45, 7) is 0. The van der Waals surface area contributed by atoms with Gasteiger partial charge in [0.05, 0.1) is 0 Å². The third kappa shape index (κ3) is 1.78. The summed E-state index contributed by atoms with van der Waals surface area (Å²) in [5.41, 5.74) is 6.07. The van der Waals surface area contributed by atoms with Crippen LogP contribution in [0, 0.1) is 0 Å². The molecule has 0 saturated heterocycles. The Bertz CT molecular complexity index is 1120. The fourth-order valence-electron chi connectivity index (χ4n) is 3.11. The largest absolute Gasteiger partial charge is 0.422 e. The second-order valence-corrected chi connectivity index (χ2v) is 5.60. The molecular weight excluding hydrogens is 302 g/mol. The molecule has 0 spiro atoms. The van der Waals surface area contributed by atoms with Crippen molar-refractivity contribution in [3.63, 3.8) is 0 Å². The number of rotatable bonds is 2. The lowest BCUT2D eigenvalue weighted by Gasteiger charge is -1.99. The topological polar surface area (TPSA) is 67.5 Å². The Morgan fingerprint density at radius 3 is 2.54 bits per heavy atom. The van der Waals surface area contributed by atoms with Gasteiger partial charge < -0.3 is 4.42 Å². The van der Waals surface area contributed by atoms with Crippen molar-refractivity contribution >= 4 is 39.4 Å². The van der Waals surface area contributed by atoms with Crippen molar-refractivity contribution in [2.75, 3.05) is 5.43 Å². The predicted octanol–water partition coefficient (Wildman–Crippen LogP) is 3.99. The van der Waals surface area contributed by atoms with Crippen molar-refractivity contribution < 1.29 is 9.21 Å². The molecule has 4 aromatic rings. The lowest BCUT2D eigenvalue weighted by atomic mass is 10.1. The maximum Gasteiger partial charge on any atom is 0.316 e. The average molecular weight is 313 g/mol. The van der Waals surface area contributed by atoms with Crippen molar-refractivity contribution in [2.45, 2.75) is 0 Å². The van der Waals surface area contributed by atoms with Crippen LogP contribution in [0.2, 0.25) is 0 Å². The first-order valence-corrected chi connectivity index (χ1v) is 7.57. The second kappa shape index (κ2) is 4.76. The van der Waals surface area contributed by atoms with Crippen molar-refractivity contribution in [2.24, 2.45) is 5.10 Å². The molecule has 0 atom stereocenters. The van der Waals surface area contributed by atoms with Gasteiger partial charge in [-0.25, -0.2) is 5.43 Å². The third-order valence-electron chi connectivity index (χ3n) is 4.18. The number of nitrogens with one attached hydrogen (secondary N) is 1. The van der Waals surface area contributed by atoms with E-state index in [1.54, 1.807) is 0 Å². The fraction of sp³-hybridized carbons (Fsp3) is 0. The van der Waals surface area contributed by atoms with Crippen molar-refractivity contribution in [3.8, 4) is 0 Å². The average Bonchev–Trinajstić information content (AvgIpc) is 3.15. The van der Waals surface area contributed by atoms with Crippen LogP contribution in [0.3, 0.4) is 0 Å². The van der Waals surface area contributed by atoms with Crippen LogP contribution in [0.15, 0.2) is 70.2 Å². The smallest absolute Gasteiger partial charge is 0.316 e. The van der Waals surface area contributed by atoms with E-state index in [1.165, 1.54) is 0 Å². The highest BCUT2D eigenvalue weighted by Gasteiger charge is 2.28. The summed E-state index contributed by atoms with van der Waals surface area (Å²) in [6, 6.07) is 19.2. The first-order chi connectivity index (χ1) is 11.8. The molecule has 114 valence electrons. The molecule has 0 unspecified atom stereocenters. The summed E-state index contributed by atoms with van der Waals surface area (Å²) in [5.74, 6) is -0.0922. The van der Waals surface area contributed by atoms with E-state index in [2.05, 4.69) is 15.5 Å². The van der Waals surface area contributed by atoms with Crippen LogP contribution in [0.25, 0.3) is 21.9 Å². The number of hydrogen-bond donors (Lipinski definition) is 1. The van der Waals surface area contributed by atoms with Gasteiger partial charge in [-0.2, -0.15) is 10.1 Å². The minimum absolute atomic E-state index is 0.0922. The van der Waals surface area contributed by atoms with Gasteiger partial charge in [-0.3, -0.25) is 4.79 Å². The molecule has 5 nitrogen and oxygen atoms in total. The Morgan fingerprint density at radius 1 is 0.917 bits per heavy atom. The van der Waals surface area contributed by atoms with Crippen LogP contribution in [-0.2, 0) is 0 Å². The van der Waals surface area contributed by atoms with E-state index in [0.717, 1.165) is 21.9 Å². The number of benzene rings is 3. The number of aromatic nitrogens is 1. The van der Waals surface area contributed by atoms with Crippen molar-refractivity contribution in [3.05, 3.63) is 71.8 Å². The number of carbonyl (C=O) groups excluding carboxylic acids is 1. The quantitative estimate of drug-likeness (QED) is 0.568. The molecular formula is C19H11N3O2. The van der Waals surface area contributed by atoms with Gasteiger partial charge in [0.25, 0.3) is 0 Å². The molecule has 1 N–H and O–H groups in total. The molecule has 0 saturated carbocycles. The predicted molar refractivity (Wildman–Crippen MR) is 92.4 cm³/mol. The monoisotopic (exact) mass is 313 g/mol. The number of ketones is 1. The summed E-state index contributed by atoms with van der Waals surface area (Å²) in [6.07, 6.45) is 0. The van der Waals surface area contributed by atoms with Gasteiger partial charge in [-0.15, -0.1) is 0 Å². The normalized spacial score (nSPS) is 14.8. The summed E-state index contributed by atoms with van der Waals surface area (Å²) in [7, 11) is 0. The molecule has 0 fully saturated rings. The lowest BCUT2D eigenvalue weighted by Crippen LogP contribution is -2.11. The van der Waals surface area contributed by atoms with E-state index < -0.39 is 0 Å². The van der Waals surface area contributed by atoms with Crippen LogP contribution < -0.4 is 5.43 Å². The first-order valence-electron chi connectivity index (χ1n) is 7.57. The molecule has 24 heavy (non-hydrogen) atoms. The number of oxazole rings is 1. The number of hydrogen-bond acceptors (Lipinski definition) is 5. The standard InChI is InChI=1S/C19H11N3O2/c23-18-13-8-4-6-11-5-3-7-12(16(11)13)17(18)21-22-19-20-14-9-1-2-10-15(14)24-19/h1-10H,(H,20,22)/b21-17+. The van der Waals surface area contributed by atoms with Crippen LogP contribution in [0.5, 0.6) is 0 Å². The SMILES string of the molecule is O=C1/C(=N/Nc2nc3ccccc3o2)c2cccc3cccc1c23. The number of para-hydroxylation sites is 2. The van der Waals surface area contributed by atoms with E-state index in [1.807, 2.05) is 60.7 Å². The molecule has 5 rings (SSSR count). The van der Waals surface area contributed by atoms with Gasteiger partial charge in [0, 0.05) is 16.5 Å². The van der Waals surface area contributed by atoms with E-state index >= 15 is 0 Å². The minimum atomic E-state index is -0.0922. The third-order valence-corrected chi connectivity index (χ3v) is 4.18. The number of fused-ring (bicyclic) bond motifs is 1. The lowest BCUT2D eigenvalue weighted by molar-refractivity contribution is 0.107. The van der Waals surface area contributed by atoms with Crippen LogP contribution in [0.4, 0.5) is 6.01 Å². The van der Waals surface area contributed by atoms with Crippen LogP contribution >= 0.6 is 0 Å². The van der Waals surface area contributed by atoms with Crippen molar-refractivity contribution in [1.29, 1.82) is 0 Å². The van der Waals surface area contributed by atoms with Gasteiger partial charge in [0.1, 0.15) is 11.2 Å². The number of nitrogens with zero attached hydrogens (tertiary/aromatic N) is 2. The number of Topliss-reactive ketones (excluding diaryl/α,β-unsaturated/α-hetero) is 1. The van der Waals surface area contributed by atoms with Crippen LogP contribution in [0.1, 0.15) is 15.9 Å². The molecule has 5 heteroatoms. The number of carbonyl (C=O) groups is 1. The van der Waals surface area contributed by atoms with Gasteiger partial charge in [0.2, 0.25) is 5.78 Å². The van der Waals surface area contributed by atoms with Gasteiger partial charge >= 0.3 is 6.01 Å². The van der Waals surface area contributed by atoms with Gasteiger partial charge in [-0.05, 0) is 17.5 Å². The second-order valence-electron chi connectivity index (χ2n) is 5.60. The summed E-state index contributed by atoms with van der Waals surface area (Å²) in [4.78, 5) is 16.9. The maximum absolute atomic E-state index is 12.6. The molecule has 1 heterocycles. The van der Waals surface area contributed by atoms with E-state index in [9.17, 15) is 4.79 Å². The summed E-state index contributed by atoms with van der Waals surface area (Å²) < 4.78 is 5.57. The highest BCUT2D eigenvalue weighted by molar-refractivity contribution is 6.59. The van der Waals surface area contributed by atoms with Crippen LogP contribution in [-0.4, -0.2) is 16.5 Å². The van der Waals surface area contributed by atoms with Crippen molar-refractivity contribution in [1.82, 2.24) is 4.98 Å². The van der Waals surface area contributed by atoms with E-state index in [4.69, 9.17) is 4.42 Å². The number of anilines is 1. The zero-order valence-electron chi connectivity index (χ0n) is 12.5. The Hall–Kier alpha value is -3.47.